The second kappa shape index (κ2) is 4.02. The van der Waals surface area contributed by atoms with Crippen LogP contribution in [0.1, 0.15) is 27.8 Å². The molecular weight excluding hydrogens is 300 g/mol. The molecule has 6 heteroatoms. The van der Waals surface area contributed by atoms with Crippen LogP contribution in [-0.2, 0) is 18.4 Å². The van der Waals surface area contributed by atoms with Gasteiger partial charge in [0.2, 0.25) is 5.75 Å². The van der Waals surface area contributed by atoms with Gasteiger partial charge in [0.15, 0.2) is 23.0 Å². The lowest BCUT2D eigenvalue weighted by molar-refractivity contribution is 0.0438. The van der Waals surface area contributed by atoms with Crippen molar-refractivity contribution in [1.82, 2.24) is 0 Å². The molecule has 0 bridgehead atoms. The van der Waals surface area contributed by atoms with Gasteiger partial charge in [-0.1, -0.05) is 0 Å². The molecular formula is C17H16O6. The highest BCUT2D eigenvalue weighted by Gasteiger charge is 2.54. The Bertz CT molecular complexity index is 803. The summed E-state index contributed by atoms with van der Waals surface area (Å²) in [6, 6.07) is 2.58. The lowest BCUT2D eigenvalue weighted by Gasteiger charge is -2.26. The van der Waals surface area contributed by atoms with Gasteiger partial charge in [0, 0.05) is 11.5 Å². The molecule has 4 rings (SSSR count). The van der Waals surface area contributed by atoms with Gasteiger partial charge in [-0.05, 0) is 54.2 Å². The maximum atomic E-state index is 11.3. The number of benzene rings is 2. The third kappa shape index (κ3) is 1.46. The minimum absolute atomic E-state index is 0.205. The van der Waals surface area contributed by atoms with Crippen molar-refractivity contribution < 1.29 is 30.6 Å². The molecule has 2 aliphatic carbocycles. The Balaban J connectivity index is 2.03. The molecule has 2 aromatic carbocycles. The van der Waals surface area contributed by atoms with Gasteiger partial charge in [0.05, 0.1) is 0 Å². The Morgan fingerprint density at radius 2 is 1.35 bits per heavy atom. The second-order valence-electron chi connectivity index (χ2n) is 6.39. The molecule has 0 aliphatic heterocycles. The molecule has 0 saturated carbocycles. The minimum Gasteiger partial charge on any atom is -0.504 e. The molecule has 23 heavy (non-hydrogen) atoms. The molecule has 0 spiro atoms. The highest BCUT2D eigenvalue weighted by Crippen LogP contribution is 2.59. The van der Waals surface area contributed by atoms with Crippen LogP contribution in [0.15, 0.2) is 12.1 Å². The maximum Gasteiger partial charge on any atom is 0.200 e. The van der Waals surface area contributed by atoms with Crippen LogP contribution >= 0.6 is 0 Å². The van der Waals surface area contributed by atoms with Gasteiger partial charge in [0.25, 0.3) is 0 Å². The number of aromatic hydroxyl groups is 5. The molecule has 0 radical (unpaired) electrons. The molecule has 2 aromatic rings. The maximum absolute atomic E-state index is 11.3. The van der Waals surface area contributed by atoms with Crippen LogP contribution in [0.3, 0.4) is 0 Å². The van der Waals surface area contributed by atoms with E-state index in [2.05, 4.69) is 0 Å². The summed E-state index contributed by atoms with van der Waals surface area (Å²) >= 11 is 0. The molecule has 0 aromatic heterocycles. The van der Waals surface area contributed by atoms with Gasteiger partial charge < -0.3 is 30.6 Å². The van der Waals surface area contributed by atoms with Crippen molar-refractivity contribution in [3.63, 3.8) is 0 Å². The van der Waals surface area contributed by atoms with Crippen molar-refractivity contribution in [2.75, 3.05) is 0 Å². The number of aliphatic hydroxyl groups is 1. The molecule has 120 valence electrons. The Labute approximate surface area is 131 Å². The molecule has 6 nitrogen and oxygen atoms in total. The van der Waals surface area contributed by atoms with E-state index in [4.69, 9.17) is 0 Å². The summed E-state index contributed by atoms with van der Waals surface area (Å²) in [5.74, 6) is -2.37. The van der Waals surface area contributed by atoms with Crippen molar-refractivity contribution in [2.45, 2.75) is 25.4 Å². The average molecular weight is 316 g/mol. The van der Waals surface area contributed by atoms with Crippen molar-refractivity contribution in [3.8, 4) is 28.7 Å². The Morgan fingerprint density at radius 3 is 2.00 bits per heavy atom. The van der Waals surface area contributed by atoms with Gasteiger partial charge in [-0.25, -0.2) is 0 Å². The summed E-state index contributed by atoms with van der Waals surface area (Å²) in [4.78, 5) is 0. The second-order valence-corrected chi connectivity index (χ2v) is 6.39. The zero-order chi connectivity index (χ0) is 16.7. The van der Waals surface area contributed by atoms with Crippen molar-refractivity contribution in [1.29, 1.82) is 0 Å². The summed E-state index contributed by atoms with van der Waals surface area (Å²) in [5.41, 5.74) is 0.950. The van der Waals surface area contributed by atoms with E-state index in [9.17, 15) is 30.6 Å². The standard InChI is InChI=1S/C17H16O6/c1-6-8-2-7-3-9-11(5-13(19)16(22)15(9)21)17(7,23)10(8)4-12(18)14(6)20/h4-5,7,18-23H,2-3H2,1H3. The SMILES string of the molecule is Cc1c(O)c(O)cc2c1CC1Cc3c(cc(O)c(O)c3O)C21O. The van der Waals surface area contributed by atoms with Crippen LogP contribution in [0.5, 0.6) is 28.7 Å². The number of phenolic OH excluding ortho intramolecular Hbond substituents is 5. The summed E-state index contributed by atoms with van der Waals surface area (Å²) in [6.07, 6.45) is 0.780. The van der Waals surface area contributed by atoms with Crippen molar-refractivity contribution >= 4 is 0 Å². The van der Waals surface area contributed by atoms with Crippen LogP contribution < -0.4 is 0 Å². The summed E-state index contributed by atoms with van der Waals surface area (Å²) in [5, 5.41) is 60.6. The van der Waals surface area contributed by atoms with Crippen LogP contribution in [0.4, 0.5) is 0 Å². The van der Waals surface area contributed by atoms with E-state index < -0.39 is 22.8 Å². The van der Waals surface area contributed by atoms with E-state index in [0.29, 0.717) is 35.1 Å². The fourth-order valence-corrected chi connectivity index (χ4v) is 4.11. The predicted molar refractivity (Wildman–Crippen MR) is 79.8 cm³/mol. The van der Waals surface area contributed by atoms with E-state index in [1.165, 1.54) is 12.1 Å². The number of phenols is 5. The number of rotatable bonds is 0. The number of hydrogen-bond donors (Lipinski definition) is 6. The highest BCUT2D eigenvalue weighted by molar-refractivity contribution is 5.67. The lowest BCUT2D eigenvalue weighted by Crippen LogP contribution is -2.28. The minimum atomic E-state index is -1.48. The smallest absolute Gasteiger partial charge is 0.200 e. The van der Waals surface area contributed by atoms with Gasteiger partial charge in [-0.2, -0.15) is 0 Å². The Kier molecular flexibility index (Phi) is 2.45. The summed E-state index contributed by atoms with van der Waals surface area (Å²) < 4.78 is 0. The molecule has 0 heterocycles. The number of fused-ring (bicyclic) bond motifs is 5. The van der Waals surface area contributed by atoms with E-state index in [0.717, 1.165) is 5.56 Å². The van der Waals surface area contributed by atoms with Crippen LogP contribution in [-0.4, -0.2) is 30.6 Å². The molecule has 2 aliphatic rings. The van der Waals surface area contributed by atoms with Crippen molar-refractivity contribution in [3.05, 3.63) is 39.9 Å². The molecule has 2 atom stereocenters. The fourth-order valence-electron chi connectivity index (χ4n) is 4.11. The normalized spacial score (nSPS) is 24.3. The van der Waals surface area contributed by atoms with Gasteiger partial charge in [-0.15, -0.1) is 0 Å². The molecule has 0 amide bonds. The largest absolute Gasteiger partial charge is 0.504 e. The lowest BCUT2D eigenvalue weighted by atomic mass is 9.86. The van der Waals surface area contributed by atoms with Gasteiger partial charge in [0.1, 0.15) is 5.60 Å². The number of hydrogen-bond acceptors (Lipinski definition) is 6. The van der Waals surface area contributed by atoms with Gasteiger partial charge >= 0.3 is 0 Å². The summed E-state index contributed by atoms with van der Waals surface area (Å²) in [6.45, 7) is 1.67. The zero-order valence-electron chi connectivity index (χ0n) is 12.3. The quantitative estimate of drug-likeness (QED) is 0.410. The first kappa shape index (κ1) is 14.0. The molecule has 0 saturated heterocycles. The zero-order valence-corrected chi connectivity index (χ0v) is 12.3. The van der Waals surface area contributed by atoms with Crippen LogP contribution in [0.25, 0.3) is 0 Å². The van der Waals surface area contributed by atoms with Gasteiger partial charge in [-0.3, -0.25) is 0 Å². The van der Waals surface area contributed by atoms with E-state index in [1.54, 1.807) is 6.92 Å². The average Bonchev–Trinajstić information content (AvgIpc) is 2.94. The van der Waals surface area contributed by atoms with Crippen LogP contribution in [0.2, 0.25) is 0 Å². The third-order valence-corrected chi connectivity index (χ3v) is 5.33. The van der Waals surface area contributed by atoms with Crippen molar-refractivity contribution in [2.24, 2.45) is 5.92 Å². The fraction of sp³-hybridized carbons (Fsp3) is 0.294. The Hall–Kier alpha value is -2.60. The molecule has 2 unspecified atom stereocenters. The highest BCUT2D eigenvalue weighted by atomic mass is 16.3. The molecule has 0 fully saturated rings. The van der Waals surface area contributed by atoms with E-state index in [-0.39, 0.29) is 17.4 Å². The monoisotopic (exact) mass is 316 g/mol. The van der Waals surface area contributed by atoms with E-state index >= 15 is 0 Å². The van der Waals surface area contributed by atoms with Crippen LogP contribution in [0, 0.1) is 12.8 Å². The predicted octanol–water partition coefficient (Wildman–Crippen LogP) is 1.49. The first-order valence-electron chi connectivity index (χ1n) is 7.31. The first-order chi connectivity index (χ1) is 10.8. The Morgan fingerprint density at radius 1 is 0.826 bits per heavy atom. The molecule has 6 N–H and O–H groups in total. The third-order valence-electron chi connectivity index (χ3n) is 5.33. The topological polar surface area (TPSA) is 121 Å². The first-order valence-corrected chi connectivity index (χ1v) is 7.31. The van der Waals surface area contributed by atoms with E-state index in [1.807, 2.05) is 0 Å². The summed E-state index contributed by atoms with van der Waals surface area (Å²) in [7, 11) is 0.